The van der Waals surface area contributed by atoms with Crippen LogP contribution in [0, 0.1) is 0 Å². The topological polar surface area (TPSA) is 47.9 Å². The molecule has 2 aromatic rings. The zero-order valence-electron chi connectivity index (χ0n) is 16.6. The summed E-state index contributed by atoms with van der Waals surface area (Å²) in [6.07, 6.45) is 1.92. The number of halogens is 1. The van der Waals surface area contributed by atoms with Crippen LogP contribution in [0.1, 0.15) is 16.7 Å². The molecule has 0 fully saturated rings. The van der Waals surface area contributed by atoms with Gasteiger partial charge in [0.15, 0.2) is 5.96 Å². The van der Waals surface area contributed by atoms with E-state index in [1.54, 1.807) is 19.0 Å². The summed E-state index contributed by atoms with van der Waals surface area (Å²) in [4.78, 5) is 20.4. The molecular weight excluding hydrogens is 463 g/mol. The summed E-state index contributed by atoms with van der Waals surface area (Å²) < 4.78 is 0. The van der Waals surface area contributed by atoms with Crippen LogP contribution in [0.4, 0.5) is 0 Å². The Hall–Kier alpha value is -2.09. The van der Waals surface area contributed by atoms with Crippen LogP contribution in [0.2, 0.25) is 0 Å². The van der Waals surface area contributed by atoms with E-state index in [1.807, 2.05) is 6.07 Å². The standard InChI is InChI=1S/C22H28N4O.HI/c1-25(2)21(27)16-24-22(23-14-12-18-8-4-3-5-9-18)26-15-13-19-10-6-7-11-20(19)17-26;/h3-11H,12-17H2,1-2H3,(H,23,24);1H. The number of guanidine groups is 1. The zero-order valence-corrected chi connectivity index (χ0v) is 18.9. The fraction of sp³-hybridized carbons (Fsp3) is 0.364. The van der Waals surface area contributed by atoms with Crippen molar-refractivity contribution >= 4 is 35.8 Å². The smallest absolute Gasteiger partial charge is 0.243 e. The first kappa shape index (κ1) is 22.2. The van der Waals surface area contributed by atoms with Crippen LogP contribution in [0.5, 0.6) is 0 Å². The third-order valence-electron chi connectivity index (χ3n) is 4.83. The first-order chi connectivity index (χ1) is 13.1. The number of nitrogens with zero attached hydrogens (tertiary/aromatic N) is 3. The van der Waals surface area contributed by atoms with Crippen molar-refractivity contribution in [3.05, 3.63) is 71.3 Å². The number of aliphatic imine (C=N–C) groups is 1. The van der Waals surface area contributed by atoms with Crippen LogP contribution in [0.15, 0.2) is 59.6 Å². The number of fused-ring (bicyclic) bond motifs is 1. The molecule has 1 aliphatic rings. The summed E-state index contributed by atoms with van der Waals surface area (Å²) in [5.74, 6) is 0.824. The van der Waals surface area contributed by atoms with Gasteiger partial charge in [-0.05, 0) is 29.5 Å². The van der Waals surface area contributed by atoms with Crippen LogP contribution in [-0.4, -0.2) is 55.4 Å². The summed E-state index contributed by atoms with van der Waals surface area (Å²) in [5.41, 5.74) is 4.03. The summed E-state index contributed by atoms with van der Waals surface area (Å²) in [7, 11) is 3.52. The molecular formula is C22H29IN4O. The normalized spacial score (nSPS) is 13.4. The molecule has 0 aromatic heterocycles. The lowest BCUT2D eigenvalue weighted by molar-refractivity contribution is -0.127. The Bertz CT molecular complexity index is 792. The second kappa shape index (κ2) is 11.0. The summed E-state index contributed by atoms with van der Waals surface area (Å²) in [5, 5.41) is 3.47. The Morgan fingerprint density at radius 3 is 2.46 bits per heavy atom. The Balaban J connectivity index is 0.00000280. The Morgan fingerprint density at radius 2 is 1.75 bits per heavy atom. The van der Waals surface area contributed by atoms with Crippen molar-refractivity contribution in [2.45, 2.75) is 19.4 Å². The highest BCUT2D eigenvalue weighted by Crippen LogP contribution is 2.18. The van der Waals surface area contributed by atoms with Crippen LogP contribution >= 0.6 is 24.0 Å². The molecule has 2 aromatic carbocycles. The number of hydrogen-bond acceptors (Lipinski definition) is 2. The van der Waals surface area contributed by atoms with E-state index in [9.17, 15) is 4.79 Å². The van der Waals surface area contributed by atoms with Crippen molar-refractivity contribution in [2.24, 2.45) is 4.99 Å². The summed E-state index contributed by atoms with van der Waals surface area (Å²) in [6, 6.07) is 19.0. The highest BCUT2D eigenvalue weighted by Gasteiger charge is 2.19. The van der Waals surface area contributed by atoms with E-state index in [1.165, 1.54) is 16.7 Å². The van der Waals surface area contributed by atoms with Crippen LogP contribution in [0.3, 0.4) is 0 Å². The van der Waals surface area contributed by atoms with E-state index >= 15 is 0 Å². The molecule has 1 heterocycles. The van der Waals surface area contributed by atoms with E-state index in [0.717, 1.165) is 38.4 Å². The average Bonchev–Trinajstić information content (AvgIpc) is 2.70. The molecule has 3 rings (SSSR count). The summed E-state index contributed by atoms with van der Waals surface area (Å²) in [6.45, 7) is 2.68. The van der Waals surface area contributed by atoms with Gasteiger partial charge in [-0.3, -0.25) is 4.79 Å². The van der Waals surface area contributed by atoms with E-state index < -0.39 is 0 Å². The Labute approximate surface area is 184 Å². The van der Waals surface area contributed by atoms with Gasteiger partial charge in [-0.15, -0.1) is 24.0 Å². The minimum atomic E-state index is 0. The van der Waals surface area contributed by atoms with Gasteiger partial charge in [0.1, 0.15) is 6.54 Å². The largest absolute Gasteiger partial charge is 0.356 e. The second-order valence-electron chi connectivity index (χ2n) is 7.03. The van der Waals surface area contributed by atoms with Gasteiger partial charge in [0, 0.05) is 33.7 Å². The van der Waals surface area contributed by atoms with Gasteiger partial charge in [0.25, 0.3) is 0 Å². The van der Waals surface area contributed by atoms with Gasteiger partial charge in [0.05, 0.1) is 0 Å². The molecule has 0 saturated carbocycles. The third kappa shape index (κ3) is 6.22. The number of likely N-dealkylation sites (N-methyl/N-ethyl adjacent to an activating group) is 1. The molecule has 5 nitrogen and oxygen atoms in total. The molecule has 1 aliphatic heterocycles. The van der Waals surface area contributed by atoms with Crippen molar-refractivity contribution in [3.63, 3.8) is 0 Å². The van der Waals surface area contributed by atoms with Gasteiger partial charge in [-0.25, -0.2) is 4.99 Å². The van der Waals surface area contributed by atoms with Gasteiger partial charge in [0.2, 0.25) is 5.91 Å². The fourth-order valence-corrected chi connectivity index (χ4v) is 3.19. The highest BCUT2D eigenvalue weighted by atomic mass is 127. The van der Waals surface area contributed by atoms with Crippen molar-refractivity contribution in [1.82, 2.24) is 15.1 Å². The third-order valence-corrected chi connectivity index (χ3v) is 4.83. The van der Waals surface area contributed by atoms with E-state index in [-0.39, 0.29) is 36.4 Å². The van der Waals surface area contributed by atoms with Gasteiger partial charge >= 0.3 is 0 Å². The first-order valence-electron chi connectivity index (χ1n) is 9.47. The number of nitrogens with one attached hydrogen (secondary N) is 1. The van der Waals surface area contributed by atoms with Gasteiger partial charge in [-0.1, -0.05) is 54.6 Å². The molecule has 0 bridgehead atoms. The molecule has 0 saturated heterocycles. The lowest BCUT2D eigenvalue weighted by Gasteiger charge is -2.32. The quantitative estimate of drug-likeness (QED) is 0.397. The molecule has 1 N–H and O–H groups in total. The molecule has 6 heteroatoms. The number of benzene rings is 2. The lowest BCUT2D eigenvalue weighted by atomic mass is 10.0. The first-order valence-corrected chi connectivity index (χ1v) is 9.47. The second-order valence-corrected chi connectivity index (χ2v) is 7.03. The van der Waals surface area contributed by atoms with Crippen molar-refractivity contribution < 1.29 is 4.79 Å². The van der Waals surface area contributed by atoms with Crippen molar-refractivity contribution in [2.75, 3.05) is 33.7 Å². The van der Waals surface area contributed by atoms with Crippen LogP contribution in [-0.2, 0) is 24.2 Å². The maximum Gasteiger partial charge on any atom is 0.243 e. The van der Waals surface area contributed by atoms with Crippen molar-refractivity contribution in [1.29, 1.82) is 0 Å². The van der Waals surface area contributed by atoms with Crippen LogP contribution < -0.4 is 5.32 Å². The van der Waals surface area contributed by atoms with E-state index in [4.69, 9.17) is 0 Å². The van der Waals surface area contributed by atoms with E-state index in [0.29, 0.717) is 0 Å². The minimum Gasteiger partial charge on any atom is -0.356 e. The van der Waals surface area contributed by atoms with E-state index in [2.05, 4.69) is 63.7 Å². The highest BCUT2D eigenvalue weighted by molar-refractivity contribution is 14.0. The molecule has 1 amide bonds. The molecule has 0 aliphatic carbocycles. The average molecular weight is 492 g/mol. The molecule has 0 spiro atoms. The monoisotopic (exact) mass is 492 g/mol. The fourth-order valence-electron chi connectivity index (χ4n) is 3.19. The summed E-state index contributed by atoms with van der Waals surface area (Å²) >= 11 is 0. The molecule has 0 atom stereocenters. The SMILES string of the molecule is CN(C)C(=O)CN=C(NCCc1ccccc1)N1CCc2ccccc2C1.I. The van der Waals surface area contributed by atoms with Gasteiger partial charge < -0.3 is 15.1 Å². The number of amides is 1. The Kier molecular flexibility index (Phi) is 8.76. The molecule has 150 valence electrons. The van der Waals surface area contributed by atoms with Crippen molar-refractivity contribution in [3.8, 4) is 0 Å². The van der Waals surface area contributed by atoms with Gasteiger partial charge in [-0.2, -0.15) is 0 Å². The predicted molar refractivity (Wildman–Crippen MR) is 125 cm³/mol. The number of carbonyl (C=O) groups excluding carboxylic acids is 1. The molecule has 0 radical (unpaired) electrons. The molecule has 0 unspecified atom stereocenters. The lowest BCUT2D eigenvalue weighted by Crippen LogP contribution is -2.45. The maximum absolute atomic E-state index is 12.0. The van der Waals surface area contributed by atoms with Crippen LogP contribution in [0.25, 0.3) is 0 Å². The number of rotatable bonds is 5. The maximum atomic E-state index is 12.0. The number of hydrogen-bond donors (Lipinski definition) is 1. The zero-order chi connectivity index (χ0) is 19.1. The Morgan fingerprint density at radius 1 is 1.07 bits per heavy atom. The number of carbonyl (C=O) groups is 1. The molecule has 28 heavy (non-hydrogen) atoms. The minimum absolute atomic E-state index is 0. The predicted octanol–water partition coefficient (Wildman–Crippen LogP) is 2.94.